The second-order valence-corrected chi connectivity index (χ2v) is 4.91. The lowest BCUT2D eigenvalue weighted by atomic mass is 10.1. The maximum Gasteiger partial charge on any atom is 0.243 e. The van der Waals surface area contributed by atoms with Crippen LogP contribution in [0.5, 0.6) is 5.75 Å². The molecule has 0 saturated carbocycles. The maximum atomic E-state index is 11.9. The number of ether oxygens (including phenoxy) is 1. The Morgan fingerprint density at radius 3 is 2.18 bits per heavy atom. The molecule has 0 radical (unpaired) electrons. The third-order valence-electron chi connectivity index (χ3n) is 3.26. The number of hydrogen-bond acceptors (Lipinski definition) is 3. The number of amides is 1. The minimum absolute atomic E-state index is 0.0799. The van der Waals surface area contributed by atoms with Crippen LogP contribution in [0, 0.1) is 0 Å². The molecule has 0 heterocycles. The molecule has 116 valence electrons. The van der Waals surface area contributed by atoms with Crippen LogP contribution in [-0.2, 0) is 11.2 Å². The summed E-state index contributed by atoms with van der Waals surface area (Å²) in [5.41, 5.74) is 2.99. The van der Waals surface area contributed by atoms with Crippen molar-refractivity contribution in [2.24, 2.45) is 0 Å². The van der Waals surface area contributed by atoms with Crippen LogP contribution in [0.1, 0.15) is 19.4 Å². The maximum absolute atomic E-state index is 11.9. The molecule has 2 N–H and O–H groups in total. The minimum Gasteiger partial charge on any atom is -0.494 e. The topological polar surface area (TPSA) is 50.4 Å². The van der Waals surface area contributed by atoms with E-state index in [1.807, 2.05) is 43.3 Å². The SMILES string of the molecule is CCOc1ccc(NC(=O)CNc2ccc(CC)cc2)cc1. The largest absolute Gasteiger partial charge is 0.494 e. The van der Waals surface area contributed by atoms with Gasteiger partial charge in [0.15, 0.2) is 0 Å². The summed E-state index contributed by atoms with van der Waals surface area (Å²) >= 11 is 0. The lowest BCUT2D eigenvalue weighted by molar-refractivity contribution is -0.114. The zero-order valence-corrected chi connectivity index (χ0v) is 13.1. The van der Waals surface area contributed by atoms with Crippen molar-refractivity contribution in [2.75, 3.05) is 23.8 Å². The zero-order valence-electron chi connectivity index (χ0n) is 13.1. The highest BCUT2D eigenvalue weighted by Gasteiger charge is 2.03. The molecule has 2 aromatic carbocycles. The molecule has 4 heteroatoms. The van der Waals surface area contributed by atoms with Crippen molar-refractivity contribution in [3.63, 3.8) is 0 Å². The predicted octanol–water partition coefficient (Wildman–Crippen LogP) is 3.70. The van der Waals surface area contributed by atoms with E-state index in [1.54, 1.807) is 0 Å². The number of hydrogen-bond donors (Lipinski definition) is 2. The molecule has 0 aliphatic carbocycles. The van der Waals surface area contributed by atoms with Crippen LogP contribution in [0.15, 0.2) is 48.5 Å². The van der Waals surface area contributed by atoms with E-state index in [9.17, 15) is 4.79 Å². The molecule has 0 saturated heterocycles. The number of carbonyl (C=O) groups is 1. The van der Waals surface area contributed by atoms with Gasteiger partial charge >= 0.3 is 0 Å². The molecule has 0 spiro atoms. The molecule has 2 aromatic rings. The Hall–Kier alpha value is -2.49. The average molecular weight is 298 g/mol. The van der Waals surface area contributed by atoms with Crippen molar-refractivity contribution in [2.45, 2.75) is 20.3 Å². The molecule has 4 nitrogen and oxygen atoms in total. The predicted molar refractivity (Wildman–Crippen MR) is 90.6 cm³/mol. The average Bonchev–Trinajstić information content (AvgIpc) is 2.55. The van der Waals surface area contributed by atoms with Crippen LogP contribution >= 0.6 is 0 Å². The van der Waals surface area contributed by atoms with Gasteiger partial charge in [-0.05, 0) is 55.3 Å². The van der Waals surface area contributed by atoms with Gasteiger partial charge < -0.3 is 15.4 Å². The third kappa shape index (κ3) is 4.81. The Morgan fingerprint density at radius 2 is 1.59 bits per heavy atom. The van der Waals surface area contributed by atoms with Crippen LogP contribution in [0.3, 0.4) is 0 Å². The van der Waals surface area contributed by atoms with Gasteiger partial charge in [0.2, 0.25) is 5.91 Å². The minimum atomic E-state index is -0.0799. The summed E-state index contributed by atoms with van der Waals surface area (Å²) in [5.74, 6) is 0.721. The van der Waals surface area contributed by atoms with Crippen LogP contribution < -0.4 is 15.4 Å². The Bertz CT molecular complexity index is 591. The zero-order chi connectivity index (χ0) is 15.8. The molecule has 0 fully saturated rings. The van der Waals surface area contributed by atoms with Crippen molar-refractivity contribution in [3.8, 4) is 5.75 Å². The van der Waals surface area contributed by atoms with E-state index in [-0.39, 0.29) is 12.5 Å². The highest BCUT2D eigenvalue weighted by molar-refractivity contribution is 5.93. The van der Waals surface area contributed by atoms with Crippen molar-refractivity contribution >= 4 is 17.3 Å². The summed E-state index contributed by atoms with van der Waals surface area (Å²) < 4.78 is 5.36. The molecular weight excluding hydrogens is 276 g/mol. The summed E-state index contributed by atoms with van der Waals surface area (Å²) in [4.78, 5) is 11.9. The molecular formula is C18H22N2O2. The summed E-state index contributed by atoms with van der Waals surface area (Å²) in [7, 11) is 0. The van der Waals surface area contributed by atoms with E-state index in [0.29, 0.717) is 6.61 Å². The first-order valence-corrected chi connectivity index (χ1v) is 7.56. The fourth-order valence-electron chi connectivity index (χ4n) is 2.05. The van der Waals surface area contributed by atoms with Crippen molar-refractivity contribution in [1.82, 2.24) is 0 Å². The van der Waals surface area contributed by atoms with E-state index in [2.05, 4.69) is 29.7 Å². The summed E-state index contributed by atoms with van der Waals surface area (Å²) in [6.07, 6.45) is 1.01. The van der Waals surface area contributed by atoms with Gasteiger partial charge in [-0.1, -0.05) is 19.1 Å². The fraction of sp³-hybridized carbons (Fsp3) is 0.278. The molecule has 1 amide bonds. The van der Waals surface area contributed by atoms with Crippen LogP contribution in [-0.4, -0.2) is 19.1 Å². The molecule has 0 atom stereocenters. The van der Waals surface area contributed by atoms with Gasteiger partial charge in [0, 0.05) is 11.4 Å². The quantitative estimate of drug-likeness (QED) is 0.819. The van der Waals surface area contributed by atoms with Gasteiger partial charge in [0.25, 0.3) is 0 Å². The number of benzene rings is 2. The van der Waals surface area contributed by atoms with Gasteiger partial charge in [-0.25, -0.2) is 0 Å². The molecule has 2 rings (SSSR count). The van der Waals surface area contributed by atoms with Crippen molar-refractivity contribution in [3.05, 3.63) is 54.1 Å². The first kappa shape index (κ1) is 15.9. The highest BCUT2D eigenvalue weighted by atomic mass is 16.5. The van der Waals surface area contributed by atoms with Gasteiger partial charge in [-0.15, -0.1) is 0 Å². The second-order valence-electron chi connectivity index (χ2n) is 4.91. The molecule has 0 bridgehead atoms. The lowest BCUT2D eigenvalue weighted by Gasteiger charge is -2.09. The molecule has 0 unspecified atom stereocenters. The van der Waals surface area contributed by atoms with Crippen LogP contribution in [0.2, 0.25) is 0 Å². The molecule has 22 heavy (non-hydrogen) atoms. The van der Waals surface area contributed by atoms with E-state index in [1.165, 1.54) is 5.56 Å². The Labute approximate surface area is 131 Å². The van der Waals surface area contributed by atoms with E-state index in [4.69, 9.17) is 4.74 Å². The molecule has 0 aliphatic rings. The summed E-state index contributed by atoms with van der Waals surface area (Å²) in [6, 6.07) is 15.5. The standard InChI is InChI=1S/C18H22N2O2/c1-3-14-5-7-15(8-6-14)19-13-18(21)20-16-9-11-17(12-10-16)22-4-2/h5-12,19H,3-4,13H2,1-2H3,(H,20,21). The Kier molecular flexibility index (Phi) is 5.83. The van der Waals surface area contributed by atoms with Crippen molar-refractivity contribution < 1.29 is 9.53 Å². The number of carbonyl (C=O) groups excluding carboxylic acids is 1. The summed E-state index contributed by atoms with van der Waals surface area (Å²) in [6.45, 7) is 4.92. The smallest absolute Gasteiger partial charge is 0.243 e. The molecule has 0 aliphatic heterocycles. The van der Waals surface area contributed by atoms with Crippen LogP contribution in [0.25, 0.3) is 0 Å². The van der Waals surface area contributed by atoms with Gasteiger partial charge in [-0.2, -0.15) is 0 Å². The van der Waals surface area contributed by atoms with E-state index < -0.39 is 0 Å². The van der Waals surface area contributed by atoms with Crippen molar-refractivity contribution in [1.29, 1.82) is 0 Å². The fourth-order valence-corrected chi connectivity index (χ4v) is 2.05. The number of anilines is 2. The second kappa shape index (κ2) is 8.08. The number of rotatable bonds is 7. The van der Waals surface area contributed by atoms with Crippen LogP contribution in [0.4, 0.5) is 11.4 Å². The van der Waals surface area contributed by atoms with E-state index >= 15 is 0 Å². The lowest BCUT2D eigenvalue weighted by Crippen LogP contribution is -2.21. The van der Waals surface area contributed by atoms with Gasteiger partial charge in [0.1, 0.15) is 5.75 Å². The molecule has 0 aromatic heterocycles. The monoisotopic (exact) mass is 298 g/mol. The first-order valence-electron chi connectivity index (χ1n) is 7.56. The third-order valence-corrected chi connectivity index (χ3v) is 3.26. The summed E-state index contributed by atoms with van der Waals surface area (Å²) in [5, 5.41) is 5.96. The Balaban J connectivity index is 1.81. The number of nitrogens with one attached hydrogen (secondary N) is 2. The highest BCUT2D eigenvalue weighted by Crippen LogP contribution is 2.15. The van der Waals surface area contributed by atoms with Gasteiger partial charge in [0.05, 0.1) is 13.2 Å². The Morgan fingerprint density at radius 1 is 0.955 bits per heavy atom. The normalized spacial score (nSPS) is 10.1. The first-order chi connectivity index (χ1) is 10.7. The van der Waals surface area contributed by atoms with Gasteiger partial charge in [-0.3, -0.25) is 4.79 Å². The number of aryl methyl sites for hydroxylation is 1. The van der Waals surface area contributed by atoms with E-state index in [0.717, 1.165) is 23.5 Å².